The van der Waals surface area contributed by atoms with Crippen LogP contribution >= 0.6 is 11.6 Å². The van der Waals surface area contributed by atoms with Gasteiger partial charge in [-0.05, 0) is 19.1 Å². The van der Waals surface area contributed by atoms with Gasteiger partial charge in [-0.15, -0.1) is 0 Å². The highest BCUT2D eigenvalue weighted by Crippen LogP contribution is 2.38. The Hall–Kier alpha value is -1.46. The van der Waals surface area contributed by atoms with E-state index in [0.29, 0.717) is 35.3 Å². The van der Waals surface area contributed by atoms with Crippen molar-refractivity contribution in [2.75, 3.05) is 19.8 Å². The molecule has 1 aliphatic heterocycles. The van der Waals surface area contributed by atoms with E-state index in [1.54, 1.807) is 13.0 Å². The molecule has 0 unspecified atom stereocenters. The molecule has 2 N–H and O–H groups in total. The lowest BCUT2D eigenvalue weighted by atomic mass is 10.1. The molecular formula is C12H14ClNO4. The van der Waals surface area contributed by atoms with Gasteiger partial charge in [0.05, 0.1) is 11.6 Å². The second kappa shape index (κ2) is 5.46. The summed E-state index contributed by atoms with van der Waals surface area (Å²) in [6.07, 6.45) is 0. The molecule has 1 atom stereocenters. The number of hydrogen-bond donors (Lipinski definition) is 2. The predicted molar refractivity (Wildman–Crippen MR) is 66.5 cm³/mol. The van der Waals surface area contributed by atoms with Crippen LogP contribution in [0, 0.1) is 0 Å². The van der Waals surface area contributed by atoms with Crippen LogP contribution in [0.2, 0.25) is 5.02 Å². The lowest BCUT2D eigenvalue weighted by Crippen LogP contribution is -2.35. The third-order valence-electron chi connectivity index (χ3n) is 2.51. The van der Waals surface area contributed by atoms with Crippen molar-refractivity contribution in [2.24, 2.45) is 0 Å². The van der Waals surface area contributed by atoms with Gasteiger partial charge >= 0.3 is 0 Å². The lowest BCUT2D eigenvalue weighted by molar-refractivity contribution is 0.0921. The molecule has 98 valence electrons. The van der Waals surface area contributed by atoms with Crippen LogP contribution in [0.5, 0.6) is 11.5 Å². The molecule has 0 aromatic heterocycles. The molecule has 0 saturated carbocycles. The normalized spacial score (nSPS) is 15.1. The Morgan fingerprint density at radius 2 is 2.22 bits per heavy atom. The van der Waals surface area contributed by atoms with Gasteiger partial charge in [0, 0.05) is 11.6 Å². The largest absolute Gasteiger partial charge is 0.486 e. The molecule has 1 aliphatic rings. The first-order valence-corrected chi connectivity index (χ1v) is 6.00. The second-order valence-electron chi connectivity index (χ2n) is 4.04. The number of nitrogens with one attached hydrogen (secondary N) is 1. The van der Waals surface area contributed by atoms with E-state index < -0.39 is 0 Å². The van der Waals surface area contributed by atoms with E-state index in [1.165, 1.54) is 6.07 Å². The van der Waals surface area contributed by atoms with E-state index in [4.69, 9.17) is 26.2 Å². The minimum absolute atomic E-state index is 0.121. The fourth-order valence-electron chi connectivity index (χ4n) is 1.59. The van der Waals surface area contributed by atoms with Gasteiger partial charge in [0.25, 0.3) is 5.91 Å². The van der Waals surface area contributed by atoms with Crippen LogP contribution in [0.3, 0.4) is 0 Å². The predicted octanol–water partition coefficient (Wildman–Crippen LogP) is 1.22. The Morgan fingerprint density at radius 1 is 1.50 bits per heavy atom. The number of carbonyl (C=O) groups excluding carboxylic acids is 1. The zero-order valence-electron chi connectivity index (χ0n) is 9.90. The van der Waals surface area contributed by atoms with E-state index >= 15 is 0 Å². The highest BCUT2D eigenvalue weighted by atomic mass is 35.5. The maximum absolute atomic E-state index is 11.9. The maximum atomic E-state index is 11.9. The molecule has 0 bridgehead atoms. The zero-order chi connectivity index (χ0) is 13.1. The topological polar surface area (TPSA) is 67.8 Å². The Labute approximate surface area is 110 Å². The summed E-state index contributed by atoms with van der Waals surface area (Å²) in [7, 11) is 0. The van der Waals surface area contributed by atoms with E-state index in [2.05, 4.69) is 5.32 Å². The monoisotopic (exact) mass is 271 g/mol. The first kappa shape index (κ1) is 13.0. The number of benzene rings is 1. The number of halogens is 1. The van der Waals surface area contributed by atoms with Crippen LogP contribution in [0.1, 0.15) is 17.3 Å². The van der Waals surface area contributed by atoms with Crippen molar-refractivity contribution in [3.8, 4) is 11.5 Å². The SMILES string of the molecule is C[C@@H](CO)NC(=O)c1cc(Cl)c2c(c1)OCCO2. The lowest BCUT2D eigenvalue weighted by Gasteiger charge is -2.20. The summed E-state index contributed by atoms with van der Waals surface area (Å²) in [6.45, 7) is 2.46. The Bertz CT molecular complexity index is 464. The molecule has 5 nitrogen and oxygen atoms in total. The Kier molecular flexibility index (Phi) is 3.93. The van der Waals surface area contributed by atoms with Gasteiger partial charge in [-0.2, -0.15) is 0 Å². The molecule has 0 radical (unpaired) electrons. The standard InChI is InChI=1S/C12H14ClNO4/c1-7(6-15)14-12(16)8-4-9(13)11-10(5-8)17-2-3-18-11/h4-5,7,15H,2-3,6H2,1H3,(H,14,16)/t7-/m0/s1. The molecule has 6 heteroatoms. The number of hydrogen-bond acceptors (Lipinski definition) is 4. The van der Waals surface area contributed by atoms with Crippen molar-refractivity contribution in [1.82, 2.24) is 5.32 Å². The van der Waals surface area contributed by atoms with Crippen molar-refractivity contribution in [1.29, 1.82) is 0 Å². The molecule has 0 aliphatic carbocycles. The highest BCUT2D eigenvalue weighted by molar-refractivity contribution is 6.32. The summed E-state index contributed by atoms with van der Waals surface area (Å²) in [4.78, 5) is 11.9. The molecular weight excluding hydrogens is 258 g/mol. The van der Waals surface area contributed by atoms with Crippen molar-refractivity contribution in [3.63, 3.8) is 0 Å². The molecule has 2 rings (SSSR count). The number of ether oxygens (including phenoxy) is 2. The summed E-state index contributed by atoms with van der Waals surface area (Å²) in [5.41, 5.74) is 0.379. The number of aliphatic hydroxyl groups excluding tert-OH is 1. The van der Waals surface area contributed by atoms with Crippen molar-refractivity contribution in [3.05, 3.63) is 22.7 Å². The zero-order valence-corrected chi connectivity index (χ0v) is 10.7. The molecule has 18 heavy (non-hydrogen) atoms. The van der Waals surface area contributed by atoms with E-state index in [9.17, 15) is 4.79 Å². The molecule has 0 saturated heterocycles. The van der Waals surface area contributed by atoms with Crippen LogP contribution in [0.4, 0.5) is 0 Å². The quantitative estimate of drug-likeness (QED) is 0.867. The van der Waals surface area contributed by atoms with Crippen LogP contribution < -0.4 is 14.8 Å². The van der Waals surface area contributed by atoms with Crippen LogP contribution in [0.15, 0.2) is 12.1 Å². The van der Waals surface area contributed by atoms with Crippen LogP contribution in [-0.4, -0.2) is 36.9 Å². The maximum Gasteiger partial charge on any atom is 0.251 e. The average Bonchev–Trinajstić information content (AvgIpc) is 2.38. The third kappa shape index (κ3) is 2.68. The fourth-order valence-corrected chi connectivity index (χ4v) is 1.86. The van der Waals surface area contributed by atoms with E-state index in [1.807, 2.05) is 0 Å². The smallest absolute Gasteiger partial charge is 0.251 e. The van der Waals surface area contributed by atoms with E-state index in [0.717, 1.165) is 0 Å². The van der Waals surface area contributed by atoms with Gasteiger partial charge in [-0.3, -0.25) is 4.79 Å². The summed E-state index contributed by atoms with van der Waals surface area (Å²) in [6, 6.07) is 2.79. The molecule has 1 heterocycles. The molecule has 1 amide bonds. The summed E-state index contributed by atoms with van der Waals surface area (Å²) in [5, 5.41) is 11.9. The summed E-state index contributed by atoms with van der Waals surface area (Å²) >= 11 is 6.03. The molecule has 0 fully saturated rings. The highest BCUT2D eigenvalue weighted by Gasteiger charge is 2.19. The summed E-state index contributed by atoms with van der Waals surface area (Å²) in [5.74, 6) is 0.626. The molecule has 1 aromatic rings. The first-order chi connectivity index (χ1) is 8.61. The van der Waals surface area contributed by atoms with Gasteiger partial charge in [0.2, 0.25) is 0 Å². The van der Waals surface area contributed by atoms with Gasteiger partial charge in [0.1, 0.15) is 13.2 Å². The van der Waals surface area contributed by atoms with Crippen molar-refractivity contribution >= 4 is 17.5 Å². The van der Waals surface area contributed by atoms with Gasteiger partial charge in [-0.25, -0.2) is 0 Å². The average molecular weight is 272 g/mol. The van der Waals surface area contributed by atoms with Crippen molar-refractivity contribution < 1.29 is 19.4 Å². The summed E-state index contributed by atoms with van der Waals surface area (Å²) < 4.78 is 10.8. The molecule has 0 spiro atoms. The molecule has 1 aromatic carbocycles. The number of fused-ring (bicyclic) bond motifs is 1. The van der Waals surface area contributed by atoms with Gasteiger partial charge < -0.3 is 19.9 Å². The van der Waals surface area contributed by atoms with E-state index in [-0.39, 0.29) is 18.6 Å². The minimum Gasteiger partial charge on any atom is -0.486 e. The second-order valence-corrected chi connectivity index (χ2v) is 4.45. The number of rotatable bonds is 3. The van der Waals surface area contributed by atoms with Gasteiger partial charge in [0.15, 0.2) is 11.5 Å². The van der Waals surface area contributed by atoms with Crippen LogP contribution in [0.25, 0.3) is 0 Å². The van der Waals surface area contributed by atoms with Crippen LogP contribution in [-0.2, 0) is 0 Å². The van der Waals surface area contributed by atoms with Crippen molar-refractivity contribution in [2.45, 2.75) is 13.0 Å². The minimum atomic E-state index is -0.315. The number of aliphatic hydroxyl groups is 1. The van der Waals surface area contributed by atoms with Gasteiger partial charge in [-0.1, -0.05) is 11.6 Å². The Morgan fingerprint density at radius 3 is 2.94 bits per heavy atom. The third-order valence-corrected chi connectivity index (χ3v) is 2.79. The number of amides is 1. The number of carbonyl (C=O) groups is 1. The fraction of sp³-hybridized carbons (Fsp3) is 0.417. The first-order valence-electron chi connectivity index (χ1n) is 5.62. The Balaban J connectivity index is 2.24.